The van der Waals surface area contributed by atoms with Crippen molar-refractivity contribution >= 4 is 44.5 Å². The van der Waals surface area contributed by atoms with Gasteiger partial charge >= 0.3 is 0 Å². The average molecular weight is 448 g/mol. The Bertz CT molecular complexity index is 786. The number of aromatic nitrogens is 4. The highest BCUT2D eigenvalue weighted by atomic mass is 79.9. The molecule has 0 aliphatic carbocycles. The van der Waals surface area contributed by atoms with Crippen molar-refractivity contribution in [2.45, 2.75) is 43.8 Å². The quantitative estimate of drug-likeness (QED) is 0.475. The van der Waals surface area contributed by atoms with E-state index in [0.29, 0.717) is 21.7 Å². The lowest BCUT2D eigenvalue weighted by Gasteiger charge is -2.27. The number of hydrazine groups is 1. The summed E-state index contributed by atoms with van der Waals surface area (Å²) in [5, 5.41) is 22.5. The second kappa shape index (κ2) is 7.53. The lowest BCUT2D eigenvalue weighted by Crippen LogP contribution is -2.35. The van der Waals surface area contributed by atoms with E-state index in [1.54, 1.807) is 4.57 Å². The van der Waals surface area contributed by atoms with E-state index in [1.807, 2.05) is 0 Å². The number of anilines is 1. The van der Waals surface area contributed by atoms with E-state index in [-0.39, 0.29) is 5.88 Å². The van der Waals surface area contributed by atoms with Gasteiger partial charge in [0.1, 0.15) is 18.3 Å². The molecule has 26 heavy (non-hydrogen) atoms. The lowest BCUT2D eigenvalue weighted by atomic mass is 10.1. The SMILES string of the molecule is OC1C(O)[C@@H](CCl)O[C@H]1n1cnc2c(NN3CCCCC3)nc(Br)nc21. The Morgan fingerprint density at radius 3 is 2.69 bits per heavy atom. The number of imidazole rings is 1. The zero-order valence-electron chi connectivity index (χ0n) is 13.9. The van der Waals surface area contributed by atoms with E-state index in [0.717, 1.165) is 25.9 Å². The largest absolute Gasteiger partial charge is 0.387 e. The van der Waals surface area contributed by atoms with Crippen molar-refractivity contribution in [3.8, 4) is 0 Å². The first-order valence-electron chi connectivity index (χ1n) is 8.57. The topological polar surface area (TPSA) is 109 Å². The average Bonchev–Trinajstić information content (AvgIpc) is 3.17. The van der Waals surface area contributed by atoms with Gasteiger partial charge in [0.15, 0.2) is 23.2 Å². The Kier molecular flexibility index (Phi) is 5.31. The fraction of sp³-hybridized carbons (Fsp3) is 0.667. The molecule has 4 atom stereocenters. The first-order chi connectivity index (χ1) is 12.6. The number of aliphatic hydroxyl groups excluding tert-OH is 2. The second-order valence-electron chi connectivity index (χ2n) is 6.53. The minimum atomic E-state index is -1.12. The number of hydrogen-bond acceptors (Lipinski definition) is 8. The van der Waals surface area contributed by atoms with Crippen LogP contribution in [-0.2, 0) is 4.74 Å². The molecule has 9 nitrogen and oxygen atoms in total. The highest BCUT2D eigenvalue weighted by Crippen LogP contribution is 2.33. The van der Waals surface area contributed by atoms with Gasteiger partial charge in [-0.15, -0.1) is 11.6 Å². The molecule has 2 unspecified atom stereocenters. The fourth-order valence-corrected chi connectivity index (χ4v) is 4.00. The maximum atomic E-state index is 10.3. The molecule has 4 heterocycles. The van der Waals surface area contributed by atoms with Gasteiger partial charge in [-0.2, -0.15) is 0 Å². The molecule has 2 aliphatic rings. The Balaban J connectivity index is 1.67. The van der Waals surface area contributed by atoms with Gasteiger partial charge in [-0.3, -0.25) is 4.57 Å². The zero-order valence-corrected chi connectivity index (χ0v) is 16.3. The number of nitrogens with zero attached hydrogens (tertiary/aromatic N) is 5. The molecule has 142 valence electrons. The van der Waals surface area contributed by atoms with E-state index in [1.165, 1.54) is 12.7 Å². The summed E-state index contributed by atoms with van der Waals surface area (Å²) in [6.07, 6.45) is 1.39. The maximum absolute atomic E-state index is 10.3. The van der Waals surface area contributed by atoms with Crippen LogP contribution >= 0.6 is 27.5 Å². The summed E-state index contributed by atoms with van der Waals surface area (Å²) in [7, 11) is 0. The van der Waals surface area contributed by atoms with Crippen molar-refractivity contribution in [1.82, 2.24) is 24.5 Å². The van der Waals surface area contributed by atoms with E-state index in [4.69, 9.17) is 16.3 Å². The van der Waals surface area contributed by atoms with Crippen LogP contribution in [0, 0.1) is 0 Å². The van der Waals surface area contributed by atoms with E-state index >= 15 is 0 Å². The van der Waals surface area contributed by atoms with Gasteiger partial charge in [0.25, 0.3) is 0 Å². The molecule has 0 bridgehead atoms. The van der Waals surface area contributed by atoms with Crippen molar-refractivity contribution in [2.24, 2.45) is 0 Å². The number of ether oxygens (including phenoxy) is 1. The summed E-state index contributed by atoms with van der Waals surface area (Å²) >= 11 is 9.13. The van der Waals surface area contributed by atoms with E-state index in [2.05, 4.69) is 41.3 Å². The summed E-state index contributed by atoms with van der Waals surface area (Å²) in [6, 6.07) is 0. The number of aliphatic hydroxyl groups is 2. The van der Waals surface area contributed by atoms with E-state index in [9.17, 15) is 10.2 Å². The van der Waals surface area contributed by atoms with Gasteiger partial charge in [-0.05, 0) is 28.8 Å². The van der Waals surface area contributed by atoms with Crippen molar-refractivity contribution < 1.29 is 14.9 Å². The molecule has 2 fully saturated rings. The molecule has 11 heteroatoms. The third-order valence-corrected chi connectivity index (χ3v) is 5.44. The minimum Gasteiger partial charge on any atom is -0.387 e. The van der Waals surface area contributed by atoms with Gasteiger partial charge in [0.2, 0.25) is 4.73 Å². The zero-order chi connectivity index (χ0) is 18.3. The predicted molar refractivity (Wildman–Crippen MR) is 98.7 cm³/mol. The van der Waals surface area contributed by atoms with Crippen LogP contribution in [0.15, 0.2) is 11.1 Å². The van der Waals surface area contributed by atoms with Crippen LogP contribution in [0.1, 0.15) is 25.5 Å². The van der Waals surface area contributed by atoms with Crippen molar-refractivity contribution in [2.75, 3.05) is 24.4 Å². The number of nitrogens with one attached hydrogen (secondary N) is 1. The van der Waals surface area contributed by atoms with Crippen molar-refractivity contribution in [3.05, 3.63) is 11.1 Å². The third kappa shape index (κ3) is 3.30. The Hall–Kier alpha value is -1.04. The number of fused-ring (bicyclic) bond motifs is 1. The highest BCUT2D eigenvalue weighted by molar-refractivity contribution is 9.10. The van der Waals surface area contributed by atoms with Crippen LogP contribution in [0.4, 0.5) is 5.82 Å². The first-order valence-corrected chi connectivity index (χ1v) is 9.90. The van der Waals surface area contributed by atoms with Crippen molar-refractivity contribution in [1.29, 1.82) is 0 Å². The fourth-order valence-electron chi connectivity index (χ4n) is 3.40. The second-order valence-corrected chi connectivity index (χ2v) is 7.54. The monoisotopic (exact) mass is 446 g/mol. The van der Waals surface area contributed by atoms with Gasteiger partial charge < -0.3 is 20.4 Å². The maximum Gasteiger partial charge on any atom is 0.200 e. The minimum absolute atomic E-state index is 0.0851. The van der Waals surface area contributed by atoms with Crippen LogP contribution in [0.3, 0.4) is 0 Å². The molecule has 0 amide bonds. The molecule has 4 rings (SSSR count). The van der Waals surface area contributed by atoms with Crippen LogP contribution in [0.25, 0.3) is 11.2 Å². The van der Waals surface area contributed by atoms with Gasteiger partial charge in [-0.1, -0.05) is 6.42 Å². The summed E-state index contributed by atoms with van der Waals surface area (Å²) in [5.41, 5.74) is 4.38. The number of rotatable bonds is 4. The highest BCUT2D eigenvalue weighted by Gasteiger charge is 2.44. The van der Waals surface area contributed by atoms with Crippen LogP contribution in [-0.4, -0.2) is 72.0 Å². The summed E-state index contributed by atoms with van der Waals surface area (Å²) in [6.45, 7) is 1.88. The van der Waals surface area contributed by atoms with Gasteiger partial charge in [-0.25, -0.2) is 20.0 Å². The predicted octanol–water partition coefficient (Wildman–Crippen LogP) is 1.26. The summed E-state index contributed by atoms with van der Waals surface area (Å²) < 4.78 is 7.70. The molecule has 0 aromatic carbocycles. The van der Waals surface area contributed by atoms with E-state index < -0.39 is 24.5 Å². The summed E-state index contributed by atoms with van der Waals surface area (Å²) in [4.78, 5) is 13.2. The first kappa shape index (κ1) is 18.3. The third-order valence-electron chi connectivity index (χ3n) is 4.78. The van der Waals surface area contributed by atoms with Gasteiger partial charge in [0.05, 0.1) is 12.2 Å². The van der Waals surface area contributed by atoms with Crippen LogP contribution < -0.4 is 5.43 Å². The van der Waals surface area contributed by atoms with Gasteiger partial charge in [0, 0.05) is 13.1 Å². The Morgan fingerprint density at radius 2 is 2.00 bits per heavy atom. The van der Waals surface area contributed by atoms with Crippen molar-refractivity contribution in [3.63, 3.8) is 0 Å². The lowest BCUT2D eigenvalue weighted by molar-refractivity contribution is -0.0291. The molecule has 0 saturated carbocycles. The summed E-state index contributed by atoms with van der Waals surface area (Å²) in [5.74, 6) is 0.673. The molecule has 0 spiro atoms. The number of halogens is 2. The number of alkyl halides is 1. The number of piperidine rings is 1. The molecule has 2 saturated heterocycles. The molecule has 2 aromatic heterocycles. The molecular formula is C15H20BrClN6O3. The van der Waals surface area contributed by atoms with Crippen LogP contribution in [0.5, 0.6) is 0 Å². The standard InChI is InChI=1S/C15H20BrClN6O3/c16-15-19-12(21-22-4-2-1-3-5-22)9-13(20-15)23(7-18-9)14-11(25)10(24)8(6-17)26-14/h7-8,10-11,14,24-25H,1-6H2,(H,19,20,21)/t8-,10?,11?,14-/m1/s1. The Morgan fingerprint density at radius 1 is 1.23 bits per heavy atom. The Labute approximate surface area is 163 Å². The van der Waals surface area contributed by atoms with Crippen LogP contribution in [0.2, 0.25) is 0 Å². The normalized spacial score (nSPS) is 30.2. The molecule has 2 aliphatic heterocycles. The molecule has 0 radical (unpaired) electrons. The number of hydrogen-bond donors (Lipinski definition) is 3. The molecule has 3 N–H and O–H groups in total. The molecular weight excluding hydrogens is 428 g/mol. The molecule has 2 aromatic rings. The smallest absolute Gasteiger partial charge is 0.200 e.